The van der Waals surface area contributed by atoms with Crippen LogP contribution in [-0.4, -0.2) is 13.7 Å². The first-order valence-electron chi connectivity index (χ1n) is 4.22. The van der Waals surface area contributed by atoms with E-state index in [4.69, 9.17) is 21.6 Å². The van der Waals surface area contributed by atoms with Gasteiger partial charge in [0.15, 0.2) is 0 Å². The van der Waals surface area contributed by atoms with Gasteiger partial charge in [0, 0.05) is 12.2 Å². The fourth-order valence-electron chi connectivity index (χ4n) is 1.04. The number of nitrogens with one attached hydrogen (secondary N) is 1. The molecule has 0 unspecified atom stereocenters. The number of methoxy groups -OCH3 is 1. The molecule has 0 atom stereocenters. The highest BCUT2D eigenvalue weighted by atomic mass is 35.5. The SMILES string of the molecule is COc1ccc(NCCC#N)cc1Cl. The molecular weight excluding hydrogens is 200 g/mol. The lowest BCUT2D eigenvalue weighted by Gasteiger charge is -2.07. The van der Waals surface area contributed by atoms with Gasteiger partial charge in [-0.25, -0.2) is 0 Å². The average molecular weight is 211 g/mol. The Morgan fingerprint density at radius 2 is 2.36 bits per heavy atom. The Hall–Kier alpha value is -1.40. The van der Waals surface area contributed by atoms with Crippen LogP contribution in [0.1, 0.15) is 6.42 Å². The first-order chi connectivity index (χ1) is 6.77. The summed E-state index contributed by atoms with van der Waals surface area (Å²) < 4.78 is 5.01. The van der Waals surface area contributed by atoms with Crippen LogP contribution in [0.3, 0.4) is 0 Å². The van der Waals surface area contributed by atoms with Crippen LogP contribution in [0, 0.1) is 11.3 Å². The molecule has 0 bridgehead atoms. The van der Waals surface area contributed by atoms with Crippen LogP contribution in [0.25, 0.3) is 0 Å². The summed E-state index contributed by atoms with van der Waals surface area (Å²) in [5, 5.41) is 12.0. The number of hydrogen-bond donors (Lipinski definition) is 1. The van der Waals surface area contributed by atoms with Gasteiger partial charge >= 0.3 is 0 Å². The lowest BCUT2D eigenvalue weighted by atomic mass is 10.3. The lowest BCUT2D eigenvalue weighted by Crippen LogP contribution is -2.00. The topological polar surface area (TPSA) is 45.0 Å². The van der Waals surface area contributed by atoms with Gasteiger partial charge in [-0.1, -0.05) is 11.6 Å². The van der Waals surface area contributed by atoms with Crippen LogP contribution in [-0.2, 0) is 0 Å². The zero-order valence-electron chi connectivity index (χ0n) is 7.88. The number of nitriles is 1. The maximum atomic E-state index is 8.34. The van der Waals surface area contributed by atoms with Gasteiger partial charge in [0.25, 0.3) is 0 Å². The van der Waals surface area contributed by atoms with Crippen LogP contribution in [0.4, 0.5) is 5.69 Å². The van der Waals surface area contributed by atoms with Crippen molar-refractivity contribution in [2.24, 2.45) is 0 Å². The molecule has 0 aliphatic heterocycles. The van der Waals surface area contributed by atoms with Gasteiger partial charge in [0.2, 0.25) is 0 Å². The molecule has 4 heteroatoms. The minimum atomic E-state index is 0.476. The molecule has 1 N–H and O–H groups in total. The molecule has 3 nitrogen and oxygen atoms in total. The maximum absolute atomic E-state index is 8.34. The summed E-state index contributed by atoms with van der Waals surface area (Å²) in [5.41, 5.74) is 0.894. The summed E-state index contributed by atoms with van der Waals surface area (Å²) in [6.07, 6.45) is 0.476. The molecule has 0 aromatic heterocycles. The highest BCUT2D eigenvalue weighted by molar-refractivity contribution is 6.32. The summed E-state index contributed by atoms with van der Waals surface area (Å²) in [6, 6.07) is 7.48. The van der Waals surface area contributed by atoms with Crippen molar-refractivity contribution in [2.45, 2.75) is 6.42 Å². The quantitative estimate of drug-likeness (QED) is 0.778. The predicted octanol–water partition coefficient (Wildman–Crippen LogP) is 2.67. The second-order valence-corrected chi connectivity index (χ2v) is 3.09. The van der Waals surface area contributed by atoms with E-state index >= 15 is 0 Å². The molecule has 1 rings (SSSR count). The van der Waals surface area contributed by atoms with E-state index in [2.05, 4.69) is 11.4 Å². The van der Waals surface area contributed by atoms with Crippen molar-refractivity contribution in [3.05, 3.63) is 23.2 Å². The van der Waals surface area contributed by atoms with Gasteiger partial charge in [0.1, 0.15) is 5.75 Å². The molecule has 0 aliphatic carbocycles. The van der Waals surface area contributed by atoms with Gasteiger partial charge in [-0.2, -0.15) is 5.26 Å². The lowest BCUT2D eigenvalue weighted by molar-refractivity contribution is 0.415. The van der Waals surface area contributed by atoms with Crippen LogP contribution in [0.5, 0.6) is 5.75 Å². The third kappa shape index (κ3) is 2.82. The summed E-state index contributed by atoms with van der Waals surface area (Å²) in [5.74, 6) is 0.650. The minimum absolute atomic E-state index is 0.476. The monoisotopic (exact) mass is 210 g/mol. The Labute approximate surface area is 88.3 Å². The van der Waals surface area contributed by atoms with Gasteiger partial charge in [-0.3, -0.25) is 0 Å². The van der Waals surface area contributed by atoms with E-state index in [1.165, 1.54) is 0 Å². The van der Waals surface area contributed by atoms with Crippen molar-refractivity contribution in [2.75, 3.05) is 19.0 Å². The Bertz CT molecular complexity index is 346. The highest BCUT2D eigenvalue weighted by Gasteiger charge is 2.00. The second-order valence-electron chi connectivity index (χ2n) is 2.68. The number of anilines is 1. The third-order valence-electron chi connectivity index (χ3n) is 1.72. The number of hydrogen-bond acceptors (Lipinski definition) is 3. The molecule has 0 saturated heterocycles. The first-order valence-corrected chi connectivity index (χ1v) is 4.60. The van der Waals surface area contributed by atoms with E-state index in [1.807, 2.05) is 6.07 Å². The standard InChI is InChI=1S/C10H11ClN2O/c1-14-10-4-3-8(7-9(10)11)13-6-2-5-12/h3-4,7,13H,2,6H2,1H3. The van der Waals surface area contributed by atoms with Crippen LogP contribution in [0.2, 0.25) is 5.02 Å². The van der Waals surface area contributed by atoms with Gasteiger partial charge in [0.05, 0.1) is 24.6 Å². The summed E-state index contributed by atoms with van der Waals surface area (Å²) in [7, 11) is 1.57. The molecular formula is C10H11ClN2O. The Kier molecular flexibility index (Phi) is 4.09. The molecule has 1 aromatic carbocycles. The first kappa shape index (κ1) is 10.7. The Balaban J connectivity index is 2.63. The van der Waals surface area contributed by atoms with Crippen molar-refractivity contribution in [1.82, 2.24) is 0 Å². The van der Waals surface area contributed by atoms with E-state index in [9.17, 15) is 0 Å². The molecule has 0 fully saturated rings. The largest absolute Gasteiger partial charge is 0.495 e. The molecule has 0 aliphatic rings. The fraction of sp³-hybridized carbons (Fsp3) is 0.300. The number of halogens is 1. The summed E-state index contributed by atoms with van der Waals surface area (Å²) >= 11 is 5.91. The molecule has 0 amide bonds. The van der Waals surface area contributed by atoms with E-state index in [1.54, 1.807) is 19.2 Å². The average Bonchev–Trinajstić information content (AvgIpc) is 2.18. The van der Waals surface area contributed by atoms with Crippen molar-refractivity contribution in [3.8, 4) is 11.8 Å². The number of nitrogens with zero attached hydrogens (tertiary/aromatic N) is 1. The second kappa shape index (κ2) is 5.36. The van der Waals surface area contributed by atoms with Crippen molar-refractivity contribution in [1.29, 1.82) is 5.26 Å². The van der Waals surface area contributed by atoms with Gasteiger partial charge in [-0.15, -0.1) is 0 Å². The molecule has 0 spiro atoms. The van der Waals surface area contributed by atoms with E-state index in [-0.39, 0.29) is 0 Å². The molecule has 0 heterocycles. The van der Waals surface area contributed by atoms with E-state index in [0.717, 1.165) is 5.69 Å². The van der Waals surface area contributed by atoms with Gasteiger partial charge in [-0.05, 0) is 18.2 Å². The number of rotatable bonds is 4. The number of ether oxygens (including phenoxy) is 1. The van der Waals surface area contributed by atoms with Crippen LogP contribution >= 0.6 is 11.6 Å². The van der Waals surface area contributed by atoms with Crippen LogP contribution in [0.15, 0.2) is 18.2 Å². The Morgan fingerprint density at radius 3 is 2.93 bits per heavy atom. The normalized spacial score (nSPS) is 9.21. The summed E-state index contributed by atoms with van der Waals surface area (Å²) in [6.45, 7) is 0.624. The zero-order valence-corrected chi connectivity index (χ0v) is 8.64. The summed E-state index contributed by atoms with van der Waals surface area (Å²) in [4.78, 5) is 0. The number of benzene rings is 1. The van der Waals surface area contributed by atoms with E-state index in [0.29, 0.717) is 23.7 Å². The minimum Gasteiger partial charge on any atom is -0.495 e. The van der Waals surface area contributed by atoms with Crippen molar-refractivity contribution >= 4 is 17.3 Å². The molecule has 74 valence electrons. The molecule has 0 radical (unpaired) electrons. The zero-order chi connectivity index (χ0) is 10.4. The van der Waals surface area contributed by atoms with E-state index < -0.39 is 0 Å². The molecule has 14 heavy (non-hydrogen) atoms. The van der Waals surface area contributed by atoms with Crippen LogP contribution < -0.4 is 10.1 Å². The Morgan fingerprint density at radius 1 is 1.57 bits per heavy atom. The van der Waals surface area contributed by atoms with Crippen molar-refractivity contribution < 1.29 is 4.74 Å². The molecule has 0 saturated carbocycles. The highest BCUT2D eigenvalue weighted by Crippen LogP contribution is 2.26. The predicted molar refractivity (Wildman–Crippen MR) is 56.7 cm³/mol. The fourth-order valence-corrected chi connectivity index (χ4v) is 1.30. The third-order valence-corrected chi connectivity index (χ3v) is 2.01. The maximum Gasteiger partial charge on any atom is 0.137 e. The molecule has 1 aromatic rings. The smallest absolute Gasteiger partial charge is 0.137 e. The van der Waals surface area contributed by atoms with Crippen molar-refractivity contribution in [3.63, 3.8) is 0 Å². The van der Waals surface area contributed by atoms with Gasteiger partial charge < -0.3 is 10.1 Å².